The summed E-state index contributed by atoms with van der Waals surface area (Å²) in [5.41, 5.74) is 1.45. The minimum atomic E-state index is -0.198. The number of alkyl halides is 1. The molecule has 0 bridgehead atoms. The van der Waals surface area contributed by atoms with Gasteiger partial charge in [-0.2, -0.15) is 0 Å². The van der Waals surface area contributed by atoms with Gasteiger partial charge in [0.2, 0.25) is 0 Å². The third-order valence-corrected chi connectivity index (χ3v) is 4.35. The van der Waals surface area contributed by atoms with E-state index in [0.29, 0.717) is 5.69 Å². The Morgan fingerprint density at radius 3 is 2.61 bits per heavy atom. The molecular formula is C14H14ClNOS. The van der Waals surface area contributed by atoms with Crippen molar-refractivity contribution in [1.29, 1.82) is 0 Å². The maximum Gasteiger partial charge on any atom is 0.196 e. The molecule has 1 aromatic carbocycles. The van der Waals surface area contributed by atoms with Gasteiger partial charge in [-0.15, -0.1) is 22.9 Å². The maximum absolute atomic E-state index is 11.5. The van der Waals surface area contributed by atoms with Crippen LogP contribution in [0.15, 0.2) is 35.7 Å². The summed E-state index contributed by atoms with van der Waals surface area (Å²) in [6, 6.07) is 10.2. The summed E-state index contributed by atoms with van der Waals surface area (Å²) in [5.74, 6) is -0.141. The predicted molar refractivity (Wildman–Crippen MR) is 75.7 cm³/mol. The van der Waals surface area contributed by atoms with Crippen molar-refractivity contribution in [2.75, 3.05) is 5.88 Å². The fourth-order valence-electron chi connectivity index (χ4n) is 1.74. The number of carbonyl (C=O) groups is 1. The third kappa shape index (κ3) is 2.47. The van der Waals surface area contributed by atoms with E-state index in [1.807, 2.05) is 18.2 Å². The molecule has 18 heavy (non-hydrogen) atoms. The lowest BCUT2D eigenvalue weighted by atomic mass is 9.85. The minimum Gasteiger partial charge on any atom is -0.291 e. The minimum absolute atomic E-state index is 0.0189. The van der Waals surface area contributed by atoms with Crippen LogP contribution in [0, 0.1) is 0 Å². The van der Waals surface area contributed by atoms with Crippen LogP contribution in [0.5, 0.6) is 0 Å². The number of rotatable bonds is 4. The summed E-state index contributed by atoms with van der Waals surface area (Å²) < 4.78 is 0. The first-order valence-corrected chi connectivity index (χ1v) is 7.08. The van der Waals surface area contributed by atoms with E-state index in [1.165, 1.54) is 16.9 Å². The quantitative estimate of drug-likeness (QED) is 0.628. The Morgan fingerprint density at radius 1 is 1.33 bits per heavy atom. The van der Waals surface area contributed by atoms with Crippen molar-refractivity contribution in [2.24, 2.45) is 0 Å². The van der Waals surface area contributed by atoms with Gasteiger partial charge in [0.25, 0.3) is 0 Å². The van der Waals surface area contributed by atoms with Crippen molar-refractivity contribution in [3.63, 3.8) is 0 Å². The third-order valence-electron chi connectivity index (χ3n) is 2.94. The van der Waals surface area contributed by atoms with Gasteiger partial charge in [0.1, 0.15) is 10.7 Å². The number of carbonyl (C=O) groups excluding carboxylic acids is 1. The molecule has 0 aliphatic rings. The van der Waals surface area contributed by atoms with E-state index in [4.69, 9.17) is 11.6 Å². The van der Waals surface area contributed by atoms with E-state index < -0.39 is 0 Å². The van der Waals surface area contributed by atoms with Crippen LogP contribution in [0.1, 0.15) is 34.9 Å². The fraction of sp³-hybridized carbons (Fsp3) is 0.286. The van der Waals surface area contributed by atoms with Gasteiger partial charge in [-0.1, -0.05) is 30.3 Å². The van der Waals surface area contributed by atoms with E-state index in [1.54, 1.807) is 5.38 Å². The summed E-state index contributed by atoms with van der Waals surface area (Å²) in [7, 11) is 0. The summed E-state index contributed by atoms with van der Waals surface area (Å²) in [5, 5.41) is 2.72. The van der Waals surface area contributed by atoms with Crippen LogP contribution < -0.4 is 0 Å². The van der Waals surface area contributed by atoms with Crippen LogP contribution in [0.3, 0.4) is 0 Å². The predicted octanol–water partition coefficient (Wildman–Crippen LogP) is 3.89. The molecule has 0 radical (unpaired) electrons. The number of aromatic nitrogens is 1. The number of hydrogen-bond acceptors (Lipinski definition) is 3. The topological polar surface area (TPSA) is 30.0 Å². The number of halogens is 1. The normalized spacial score (nSPS) is 11.5. The van der Waals surface area contributed by atoms with Crippen LogP contribution in [0.2, 0.25) is 0 Å². The van der Waals surface area contributed by atoms with E-state index in [2.05, 4.69) is 31.0 Å². The Kier molecular flexibility index (Phi) is 3.83. The summed E-state index contributed by atoms with van der Waals surface area (Å²) in [4.78, 5) is 15.9. The second-order valence-electron chi connectivity index (χ2n) is 4.59. The van der Waals surface area contributed by atoms with Crippen molar-refractivity contribution in [1.82, 2.24) is 4.98 Å². The zero-order chi connectivity index (χ0) is 13.2. The SMILES string of the molecule is CC(C)(c1ccccc1)c1nc(C(=O)CCl)cs1. The summed E-state index contributed by atoms with van der Waals surface area (Å²) in [6.07, 6.45) is 0. The van der Waals surface area contributed by atoms with E-state index in [0.717, 1.165) is 5.01 Å². The zero-order valence-corrected chi connectivity index (χ0v) is 11.9. The van der Waals surface area contributed by atoms with Gasteiger partial charge in [0, 0.05) is 10.8 Å². The second kappa shape index (κ2) is 5.21. The first-order chi connectivity index (χ1) is 8.55. The smallest absolute Gasteiger partial charge is 0.196 e. The second-order valence-corrected chi connectivity index (χ2v) is 5.71. The standard InChI is InChI=1S/C14H14ClNOS/c1-14(2,10-6-4-3-5-7-10)13-16-11(9-18-13)12(17)8-15/h3-7,9H,8H2,1-2H3. The van der Waals surface area contributed by atoms with E-state index in [9.17, 15) is 4.79 Å². The lowest BCUT2D eigenvalue weighted by Crippen LogP contribution is -2.19. The average Bonchev–Trinajstić information content (AvgIpc) is 2.89. The van der Waals surface area contributed by atoms with Gasteiger partial charge in [-0.3, -0.25) is 4.79 Å². The van der Waals surface area contributed by atoms with Gasteiger partial charge in [-0.05, 0) is 19.4 Å². The highest BCUT2D eigenvalue weighted by molar-refractivity contribution is 7.10. The molecule has 0 amide bonds. The zero-order valence-electron chi connectivity index (χ0n) is 10.3. The van der Waals surface area contributed by atoms with Crippen LogP contribution in [-0.4, -0.2) is 16.6 Å². The molecule has 0 fully saturated rings. The molecule has 0 atom stereocenters. The summed E-state index contributed by atoms with van der Waals surface area (Å²) >= 11 is 7.05. The van der Waals surface area contributed by atoms with Crippen molar-refractivity contribution in [3.05, 3.63) is 52.0 Å². The molecule has 0 saturated carbocycles. The molecule has 1 aromatic heterocycles. The largest absolute Gasteiger partial charge is 0.291 e. The van der Waals surface area contributed by atoms with Gasteiger partial charge in [-0.25, -0.2) is 4.98 Å². The van der Waals surface area contributed by atoms with Gasteiger partial charge >= 0.3 is 0 Å². The molecule has 0 N–H and O–H groups in total. The molecule has 0 saturated heterocycles. The number of ketones is 1. The van der Waals surface area contributed by atoms with Gasteiger partial charge in [0.15, 0.2) is 5.78 Å². The molecule has 2 aromatic rings. The molecule has 0 unspecified atom stereocenters. The average molecular weight is 280 g/mol. The lowest BCUT2D eigenvalue weighted by molar-refractivity contribution is 0.101. The summed E-state index contributed by atoms with van der Waals surface area (Å²) in [6.45, 7) is 4.21. The van der Waals surface area contributed by atoms with E-state index >= 15 is 0 Å². The van der Waals surface area contributed by atoms with E-state index in [-0.39, 0.29) is 17.1 Å². The molecular weight excluding hydrogens is 266 g/mol. The maximum atomic E-state index is 11.5. The molecule has 0 spiro atoms. The first-order valence-electron chi connectivity index (χ1n) is 5.66. The molecule has 4 heteroatoms. The molecule has 0 aliphatic carbocycles. The Balaban J connectivity index is 2.36. The van der Waals surface area contributed by atoms with Crippen LogP contribution in [-0.2, 0) is 5.41 Å². The Hall–Kier alpha value is -1.19. The number of hydrogen-bond donors (Lipinski definition) is 0. The number of Topliss-reactive ketones (excluding diaryl/α,β-unsaturated/α-hetero) is 1. The molecule has 2 nitrogen and oxygen atoms in total. The van der Waals surface area contributed by atoms with Crippen LogP contribution in [0.4, 0.5) is 0 Å². The Bertz CT molecular complexity index is 548. The Labute approximate surface area is 116 Å². The lowest BCUT2D eigenvalue weighted by Gasteiger charge is -2.22. The van der Waals surface area contributed by atoms with Crippen LogP contribution in [0.25, 0.3) is 0 Å². The van der Waals surface area contributed by atoms with Gasteiger partial charge < -0.3 is 0 Å². The molecule has 2 rings (SSSR count). The van der Waals surface area contributed by atoms with Gasteiger partial charge in [0.05, 0.1) is 5.88 Å². The highest BCUT2D eigenvalue weighted by atomic mass is 35.5. The van der Waals surface area contributed by atoms with Crippen molar-refractivity contribution >= 4 is 28.7 Å². The monoisotopic (exact) mass is 279 g/mol. The first kappa shape index (κ1) is 13.2. The number of thiazole rings is 1. The van der Waals surface area contributed by atoms with Crippen molar-refractivity contribution < 1.29 is 4.79 Å². The highest BCUT2D eigenvalue weighted by Gasteiger charge is 2.27. The Morgan fingerprint density at radius 2 is 2.00 bits per heavy atom. The molecule has 0 aliphatic heterocycles. The van der Waals surface area contributed by atoms with Crippen molar-refractivity contribution in [3.8, 4) is 0 Å². The molecule has 94 valence electrons. The molecule has 1 heterocycles. The van der Waals surface area contributed by atoms with Crippen molar-refractivity contribution in [2.45, 2.75) is 19.3 Å². The highest BCUT2D eigenvalue weighted by Crippen LogP contribution is 2.33. The fourth-order valence-corrected chi connectivity index (χ4v) is 2.84. The number of benzene rings is 1. The number of nitrogens with zero attached hydrogens (tertiary/aromatic N) is 1. The van der Waals surface area contributed by atoms with Crippen LogP contribution >= 0.6 is 22.9 Å².